The van der Waals surface area contributed by atoms with Gasteiger partial charge in [-0.3, -0.25) is 4.72 Å². The Kier molecular flexibility index (Phi) is 4.56. The minimum atomic E-state index is -4.31. The van der Waals surface area contributed by atoms with Crippen molar-refractivity contribution in [2.24, 2.45) is 0 Å². The lowest BCUT2D eigenvalue weighted by atomic mass is 10.1. The van der Waals surface area contributed by atoms with Crippen LogP contribution in [-0.2, 0) is 10.0 Å². The Morgan fingerprint density at radius 2 is 1.54 bits per heavy atom. The molecule has 0 bridgehead atoms. The van der Waals surface area contributed by atoms with E-state index in [0.717, 1.165) is 24.3 Å². The molecule has 0 atom stereocenters. The molecule has 0 radical (unpaired) electrons. The molecular weight excluding hydrogens is 341 g/mol. The number of aromatic carboxylic acids is 2. The lowest BCUT2D eigenvalue weighted by Crippen LogP contribution is -2.16. The number of nitrogens with one attached hydrogen (secondary N) is 1. The van der Waals surface area contributed by atoms with Gasteiger partial charge in [-0.05, 0) is 42.8 Å². The Labute approximate surface area is 136 Å². The average molecular weight is 353 g/mol. The van der Waals surface area contributed by atoms with Gasteiger partial charge >= 0.3 is 11.9 Å². The van der Waals surface area contributed by atoms with E-state index in [1.165, 1.54) is 19.1 Å². The number of halogens is 1. The van der Waals surface area contributed by atoms with Gasteiger partial charge < -0.3 is 10.2 Å². The zero-order valence-corrected chi connectivity index (χ0v) is 13.1. The molecule has 2 aromatic carbocycles. The van der Waals surface area contributed by atoms with Crippen LogP contribution >= 0.6 is 0 Å². The van der Waals surface area contributed by atoms with Gasteiger partial charge in [-0.25, -0.2) is 22.4 Å². The molecule has 0 saturated heterocycles. The second-order valence-electron chi connectivity index (χ2n) is 4.89. The van der Waals surface area contributed by atoms with Crippen LogP contribution in [0.5, 0.6) is 0 Å². The first kappa shape index (κ1) is 17.4. The van der Waals surface area contributed by atoms with Crippen molar-refractivity contribution in [3.63, 3.8) is 0 Å². The average Bonchev–Trinajstić information content (AvgIpc) is 2.49. The van der Waals surface area contributed by atoms with E-state index >= 15 is 0 Å². The molecule has 0 aliphatic carbocycles. The number of anilines is 1. The van der Waals surface area contributed by atoms with Gasteiger partial charge in [0.15, 0.2) is 0 Å². The first-order chi connectivity index (χ1) is 11.1. The van der Waals surface area contributed by atoms with E-state index in [9.17, 15) is 22.4 Å². The lowest BCUT2D eigenvalue weighted by Gasteiger charge is -2.12. The van der Waals surface area contributed by atoms with Crippen LogP contribution in [0.15, 0.2) is 41.3 Å². The summed E-state index contributed by atoms with van der Waals surface area (Å²) in [6.45, 7) is 1.45. The topological polar surface area (TPSA) is 121 Å². The van der Waals surface area contributed by atoms with Crippen LogP contribution in [0.1, 0.15) is 26.3 Å². The summed E-state index contributed by atoms with van der Waals surface area (Å²) in [5.41, 5.74) is -0.844. The van der Waals surface area contributed by atoms with Gasteiger partial charge in [-0.1, -0.05) is 6.07 Å². The number of carbonyl (C=O) groups is 2. The molecule has 126 valence electrons. The summed E-state index contributed by atoms with van der Waals surface area (Å²) in [4.78, 5) is 21.5. The van der Waals surface area contributed by atoms with Crippen LogP contribution in [0.25, 0.3) is 0 Å². The molecule has 0 amide bonds. The Bertz CT molecular complexity index is 939. The van der Waals surface area contributed by atoms with Crippen molar-refractivity contribution in [2.45, 2.75) is 11.8 Å². The van der Waals surface area contributed by atoms with Crippen molar-refractivity contribution in [2.75, 3.05) is 4.72 Å². The van der Waals surface area contributed by atoms with Gasteiger partial charge in [-0.15, -0.1) is 0 Å². The fourth-order valence-corrected chi connectivity index (χ4v) is 3.29. The van der Waals surface area contributed by atoms with Crippen molar-refractivity contribution in [1.82, 2.24) is 0 Å². The predicted octanol–water partition coefficient (Wildman–Crippen LogP) is 2.33. The van der Waals surface area contributed by atoms with E-state index in [0.29, 0.717) is 0 Å². The second kappa shape index (κ2) is 6.28. The first-order valence-electron chi connectivity index (χ1n) is 6.51. The quantitative estimate of drug-likeness (QED) is 0.759. The summed E-state index contributed by atoms with van der Waals surface area (Å²) in [6.07, 6.45) is 0. The maximum atomic E-state index is 13.8. The highest BCUT2D eigenvalue weighted by molar-refractivity contribution is 7.92. The molecule has 2 rings (SSSR count). The fraction of sp³-hybridized carbons (Fsp3) is 0.0667. The monoisotopic (exact) mass is 353 g/mol. The molecule has 24 heavy (non-hydrogen) atoms. The van der Waals surface area contributed by atoms with Crippen LogP contribution in [0, 0.1) is 12.7 Å². The number of hydrogen-bond acceptors (Lipinski definition) is 4. The van der Waals surface area contributed by atoms with Gasteiger partial charge in [0.25, 0.3) is 10.0 Å². The van der Waals surface area contributed by atoms with Gasteiger partial charge in [0.1, 0.15) is 5.82 Å². The number of aryl methyl sites for hydroxylation is 1. The molecule has 0 fully saturated rings. The van der Waals surface area contributed by atoms with Gasteiger partial charge in [0.05, 0.1) is 21.7 Å². The highest BCUT2D eigenvalue weighted by Crippen LogP contribution is 2.23. The number of sulfonamides is 1. The predicted molar refractivity (Wildman–Crippen MR) is 82.3 cm³/mol. The van der Waals surface area contributed by atoms with E-state index in [4.69, 9.17) is 10.2 Å². The molecule has 0 unspecified atom stereocenters. The number of hydrogen-bond donors (Lipinski definition) is 3. The molecule has 0 aliphatic heterocycles. The Morgan fingerprint density at radius 3 is 2.12 bits per heavy atom. The van der Waals surface area contributed by atoms with Crippen molar-refractivity contribution >= 4 is 27.6 Å². The highest BCUT2D eigenvalue weighted by Gasteiger charge is 2.21. The van der Waals surface area contributed by atoms with Crippen molar-refractivity contribution in [3.05, 3.63) is 58.9 Å². The van der Waals surface area contributed by atoms with Crippen LogP contribution in [-0.4, -0.2) is 30.6 Å². The summed E-state index contributed by atoms with van der Waals surface area (Å²) in [5.74, 6) is -3.62. The van der Waals surface area contributed by atoms with Crippen LogP contribution in [0.4, 0.5) is 10.1 Å². The molecule has 9 heteroatoms. The summed E-state index contributed by atoms with van der Waals surface area (Å²) >= 11 is 0. The van der Waals surface area contributed by atoms with Gasteiger partial charge in [0, 0.05) is 0 Å². The maximum Gasteiger partial charge on any atom is 0.335 e. The summed E-state index contributed by atoms with van der Waals surface area (Å²) in [6, 6.07) is 6.14. The van der Waals surface area contributed by atoms with Gasteiger partial charge in [-0.2, -0.15) is 0 Å². The summed E-state index contributed by atoms with van der Waals surface area (Å²) in [5, 5.41) is 17.8. The Morgan fingerprint density at radius 1 is 1.00 bits per heavy atom. The molecule has 0 aliphatic rings. The minimum Gasteiger partial charge on any atom is -0.478 e. The molecule has 0 saturated carbocycles. The lowest BCUT2D eigenvalue weighted by molar-refractivity contribution is 0.0686. The fourth-order valence-electron chi connectivity index (χ4n) is 1.96. The zero-order chi connectivity index (χ0) is 18.1. The largest absolute Gasteiger partial charge is 0.478 e. The smallest absolute Gasteiger partial charge is 0.335 e. The summed E-state index contributed by atoms with van der Waals surface area (Å²) < 4.78 is 40.5. The normalized spacial score (nSPS) is 11.1. The van der Waals surface area contributed by atoms with E-state index in [1.807, 2.05) is 4.72 Å². The van der Waals surface area contributed by atoms with Crippen LogP contribution in [0.2, 0.25) is 0 Å². The van der Waals surface area contributed by atoms with E-state index < -0.39 is 33.5 Å². The maximum absolute atomic E-state index is 13.8. The number of carboxylic acids is 2. The van der Waals surface area contributed by atoms with Gasteiger partial charge in [0.2, 0.25) is 0 Å². The summed E-state index contributed by atoms with van der Waals surface area (Å²) in [7, 11) is -4.31. The highest BCUT2D eigenvalue weighted by atomic mass is 32.2. The van der Waals surface area contributed by atoms with E-state index in [2.05, 4.69) is 0 Å². The molecule has 7 nitrogen and oxygen atoms in total. The molecule has 3 N–H and O–H groups in total. The second-order valence-corrected chi connectivity index (χ2v) is 6.54. The standard InChI is InChI=1S/C15H12FNO6S/c1-8-2-3-10(15(20)21)7-13(8)24(22,23)17-12-6-9(14(18)19)4-5-11(12)16/h2-7,17H,1H3,(H,18,19)(H,20,21). The molecule has 0 heterocycles. The third kappa shape index (κ3) is 3.51. The molecular formula is C15H12FNO6S. The zero-order valence-electron chi connectivity index (χ0n) is 12.3. The van der Waals surface area contributed by atoms with E-state index in [1.54, 1.807) is 0 Å². The number of carboxylic acid groups (broad SMARTS) is 2. The Balaban J connectivity index is 2.50. The third-order valence-electron chi connectivity index (χ3n) is 3.18. The minimum absolute atomic E-state index is 0.249. The molecule has 2 aromatic rings. The number of benzene rings is 2. The van der Waals surface area contributed by atoms with Crippen molar-refractivity contribution < 1.29 is 32.6 Å². The first-order valence-corrected chi connectivity index (χ1v) is 8.00. The SMILES string of the molecule is Cc1ccc(C(=O)O)cc1S(=O)(=O)Nc1cc(C(=O)O)ccc1F. The number of rotatable bonds is 5. The molecule has 0 spiro atoms. The van der Waals surface area contributed by atoms with Crippen molar-refractivity contribution in [1.29, 1.82) is 0 Å². The van der Waals surface area contributed by atoms with Crippen molar-refractivity contribution in [3.8, 4) is 0 Å². The van der Waals surface area contributed by atoms with E-state index in [-0.39, 0.29) is 21.6 Å². The third-order valence-corrected chi connectivity index (χ3v) is 4.69. The van der Waals surface area contributed by atoms with Crippen LogP contribution in [0.3, 0.4) is 0 Å². The van der Waals surface area contributed by atoms with Crippen LogP contribution < -0.4 is 4.72 Å². The molecule has 0 aromatic heterocycles. The Hall–Kier alpha value is -2.94.